The summed E-state index contributed by atoms with van der Waals surface area (Å²) in [5.74, 6) is -0.223. The molecular formula is C15H15NO3S2. The number of hydrogen-bond acceptors (Lipinski definition) is 4. The van der Waals surface area contributed by atoms with Crippen molar-refractivity contribution in [1.29, 1.82) is 0 Å². The van der Waals surface area contributed by atoms with E-state index in [0.29, 0.717) is 5.56 Å². The highest BCUT2D eigenvalue weighted by atomic mass is 32.2. The zero-order chi connectivity index (χ0) is 15.5. The Morgan fingerprint density at radius 3 is 2.57 bits per heavy atom. The molecule has 0 saturated carbocycles. The summed E-state index contributed by atoms with van der Waals surface area (Å²) < 4.78 is 25.2. The Morgan fingerprint density at radius 1 is 1.19 bits per heavy atom. The van der Waals surface area contributed by atoms with E-state index in [-0.39, 0.29) is 10.7 Å². The lowest BCUT2D eigenvalue weighted by Crippen LogP contribution is -2.22. The van der Waals surface area contributed by atoms with E-state index in [2.05, 4.69) is 0 Å². The average molecular weight is 321 g/mol. The van der Waals surface area contributed by atoms with Gasteiger partial charge in [0, 0.05) is 24.5 Å². The highest BCUT2D eigenvalue weighted by Gasteiger charge is 2.18. The Morgan fingerprint density at radius 2 is 1.95 bits per heavy atom. The van der Waals surface area contributed by atoms with E-state index in [1.165, 1.54) is 43.6 Å². The molecule has 0 radical (unpaired) electrons. The van der Waals surface area contributed by atoms with Crippen LogP contribution < -0.4 is 0 Å². The molecule has 0 atom stereocenters. The number of ketones is 1. The fraction of sp³-hybridized carbons (Fsp3) is 0.133. The smallest absolute Gasteiger partial charge is 0.242 e. The van der Waals surface area contributed by atoms with Gasteiger partial charge in [-0.3, -0.25) is 4.79 Å². The number of thiophene rings is 1. The molecular weight excluding hydrogens is 306 g/mol. The molecule has 0 aliphatic heterocycles. The Balaban J connectivity index is 2.27. The van der Waals surface area contributed by atoms with Gasteiger partial charge < -0.3 is 0 Å². The molecule has 0 aliphatic rings. The quantitative estimate of drug-likeness (QED) is 0.628. The number of carbonyl (C=O) groups excluding carboxylic acids is 1. The summed E-state index contributed by atoms with van der Waals surface area (Å²) in [6.07, 6.45) is 3.17. The van der Waals surface area contributed by atoms with E-state index in [9.17, 15) is 13.2 Å². The number of benzene rings is 1. The summed E-state index contributed by atoms with van der Waals surface area (Å²) >= 11 is 1.53. The third-order valence-corrected chi connectivity index (χ3v) is 5.49. The first-order valence-electron chi connectivity index (χ1n) is 6.20. The van der Waals surface area contributed by atoms with Crippen molar-refractivity contribution in [2.24, 2.45) is 0 Å². The third-order valence-electron chi connectivity index (χ3n) is 2.84. The van der Waals surface area contributed by atoms with Gasteiger partial charge in [0.25, 0.3) is 0 Å². The summed E-state index contributed by atoms with van der Waals surface area (Å²) in [6, 6.07) is 9.87. The molecule has 0 unspecified atom stereocenters. The van der Waals surface area contributed by atoms with Crippen molar-refractivity contribution in [3.63, 3.8) is 0 Å². The Kier molecular flexibility index (Phi) is 4.72. The van der Waals surface area contributed by atoms with Crippen LogP contribution in [0, 0.1) is 0 Å². The summed E-state index contributed by atoms with van der Waals surface area (Å²) in [7, 11) is -0.614. The predicted octanol–water partition coefficient (Wildman–Crippen LogP) is 2.89. The summed E-state index contributed by atoms with van der Waals surface area (Å²) in [4.78, 5) is 13.2. The van der Waals surface area contributed by atoms with E-state index in [0.717, 1.165) is 9.18 Å². The minimum Gasteiger partial charge on any atom is -0.289 e. The van der Waals surface area contributed by atoms with Gasteiger partial charge in [-0.15, -0.1) is 11.3 Å². The third kappa shape index (κ3) is 3.66. The van der Waals surface area contributed by atoms with E-state index in [1.54, 1.807) is 18.2 Å². The molecule has 1 heterocycles. The van der Waals surface area contributed by atoms with Crippen LogP contribution in [0.2, 0.25) is 0 Å². The topological polar surface area (TPSA) is 54.5 Å². The highest BCUT2D eigenvalue weighted by Crippen LogP contribution is 2.16. The molecule has 0 spiro atoms. The molecule has 6 heteroatoms. The predicted molar refractivity (Wildman–Crippen MR) is 85.0 cm³/mol. The van der Waals surface area contributed by atoms with Crippen LogP contribution in [0.4, 0.5) is 0 Å². The fourth-order valence-electron chi connectivity index (χ4n) is 1.66. The van der Waals surface area contributed by atoms with Crippen molar-refractivity contribution in [3.05, 3.63) is 58.3 Å². The van der Waals surface area contributed by atoms with Gasteiger partial charge in [0.05, 0.1) is 4.90 Å². The van der Waals surface area contributed by atoms with Crippen molar-refractivity contribution in [1.82, 2.24) is 4.31 Å². The van der Waals surface area contributed by atoms with E-state index in [4.69, 9.17) is 0 Å². The largest absolute Gasteiger partial charge is 0.289 e. The first-order valence-corrected chi connectivity index (χ1v) is 8.52. The molecule has 1 aromatic heterocycles. The summed E-state index contributed by atoms with van der Waals surface area (Å²) in [5.41, 5.74) is 0.353. The van der Waals surface area contributed by atoms with Gasteiger partial charge >= 0.3 is 0 Å². The number of sulfonamides is 1. The van der Waals surface area contributed by atoms with Crippen molar-refractivity contribution >= 4 is 33.2 Å². The number of hydrogen-bond donors (Lipinski definition) is 0. The van der Waals surface area contributed by atoms with Gasteiger partial charge in [-0.1, -0.05) is 18.2 Å². The first-order chi connectivity index (χ1) is 9.91. The maximum absolute atomic E-state index is 12.1. The Bertz CT molecular complexity index is 760. The molecule has 0 fully saturated rings. The lowest BCUT2D eigenvalue weighted by atomic mass is 10.1. The standard InChI is InChI=1S/C15H15NO3S2/c1-16(2)21(18,19)14-7-3-5-12(11-14)15(17)9-8-13-6-4-10-20-13/h3-11H,1-2H3/b9-8-. The van der Waals surface area contributed by atoms with Crippen LogP contribution in [0.1, 0.15) is 15.2 Å². The van der Waals surface area contributed by atoms with Crippen LogP contribution >= 0.6 is 11.3 Å². The fourth-order valence-corrected chi connectivity index (χ4v) is 3.23. The van der Waals surface area contributed by atoms with Crippen molar-refractivity contribution < 1.29 is 13.2 Å². The van der Waals surface area contributed by atoms with Crippen LogP contribution in [0.3, 0.4) is 0 Å². The van der Waals surface area contributed by atoms with Crippen LogP contribution in [0.25, 0.3) is 6.08 Å². The molecule has 0 bridgehead atoms. The van der Waals surface area contributed by atoms with Gasteiger partial charge in [-0.25, -0.2) is 12.7 Å². The Labute approximate surface area is 128 Å². The first kappa shape index (κ1) is 15.6. The number of allylic oxidation sites excluding steroid dienone is 1. The van der Waals surface area contributed by atoms with Gasteiger partial charge in [-0.05, 0) is 35.7 Å². The maximum atomic E-state index is 12.1. The van der Waals surface area contributed by atoms with E-state index in [1.807, 2.05) is 17.5 Å². The minimum absolute atomic E-state index is 0.114. The SMILES string of the molecule is CN(C)S(=O)(=O)c1cccc(C(=O)/C=C\c2cccs2)c1. The Hall–Kier alpha value is -1.76. The minimum atomic E-state index is -3.53. The van der Waals surface area contributed by atoms with Crippen molar-refractivity contribution in [3.8, 4) is 0 Å². The zero-order valence-electron chi connectivity index (χ0n) is 11.7. The average Bonchev–Trinajstić information content (AvgIpc) is 2.98. The summed E-state index contributed by atoms with van der Waals surface area (Å²) in [6.45, 7) is 0. The number of nitrogens with zero attached hydrogens (tertiary/aromatic N) is 1. The van der Waals surface area contributed by atoms with Crippen LogP contribution in [-0.4, -0.2) is 32.6 Å². The van der Waals surface area contributed by atoms with Gasteiger partial charge in [0.2, 0.25) is 10.0 Å². The molecule has 110 valence electrons. The lowest BCUT2D eigenvalue weighted by molar-refractivity contribution is 0.104. The molecule has 2 aromatic rings. The molecule has 1 aromatic carbocycles. The lowest BCUT2D eigenvalue weighted by Gasteiger charge is -2.11. The second kappa shape index (κ2) is 6.34. The number of carbonyl (C=O) groups is 1. The molecule has 0 N–H and O–H groups in total. The molecule has 0 amide bonds. The second-order valence-corrected chi connectivity index (χ2v) is 7.66. The number of rotatable bonds is 5. The molecule has 0 aliphatic carbocycles. The molecule has 4 nitrogen and oxygen atoms in total. The zero-order valence-corrected chi connectivity index (χ0v) is 13.3. The second-order valence-electron chi connectivity index (χ2n) is 4.53. The van der Waals surface area contributed by atoms with Crippen molar-refractivity contribution in [2.45, 2.75) is 4.90 Å². The monoisotopic (exact) mass is 321 g/mol. The molecule has 21 heavy (non-hydrogen) atoms. The normalized spacial score (nSPS) is 12.1. The van der Waals surface area contributed by atoms with Gasteiger partial charge in [-0.2, -0.15) is 0 Å². The van der Waals surface area contributed by atoms with Crippen LogP contribution in [0.5, 0.6) is 0 Å². The molecule has 2 rings (SSSR count). The van der Waals surface area contributed by atoms with Gasteiger partial charge in [0.15, 0.2) is 5.78 Å². The van der Waals surface area contributed by atoms with Crippen molar-refractivity contribution in [2.75, 3.05) is 14.1 Å². The van der Waals surface area contributed by atoms with Gasteiger partial charge in [0.1, 0.15) is 0 Å². The maximum Gasteiger partial charge on any atom is 0.242 e. The highest BCUT2D eigenvalue weighted by molar-refractivity contribution is 7.89. The van der Waals surface area contributed by atoms with E-state index < -0.39 is 10.0 Å². The summed E-state index contributed by atoms with van der Waals surface area (Å²) in [5, 5.41) is 1.93. The molecule has 0 saturated heterocycles. The van der Waals surface area contributed by atoms with Crippen LogP contribution in [-0.2, 0) is 10.0 Å². The van der Waals surface area contributed by atoms with E-state index >= 15 is 0 Å². The van der Waals surface area contributed by atoms with Crippen LogP contribution in [0.15, 0.2) is 52.7 Å².